The van der Waals surface area contributed by atoms with Crippen molar-refractivity contribution in [3.63, 3.8) is 0 Å². The molecule has 5 atom stereocenters. The van der Waals surface area contributed by atoms with E-state index in [0.29, 0.717) is 0 Å². The van der Waals surface area contributed by atoms with Gasteiger partial charge in [-0.1, -0.05) is 0 Å². The summed E-state index contributed by atoms with van der Waals surface area (Å²) in [5.41, 5.74) is 0. The van der Waals surface area contributed by atoms with Crippen molar-refractivity contribution in [2.75, 3.05) is 19.5 Å². The van der Waals surface area contributed by atoms with Crippen LogP contribution < -0.4 is 0 Å². The van der Waals surface area contributed by atoms with E-state index in [1.54, 1.807) is 0 Å². The second-order valence-corrected chi connectivity index (χ2v) is 5.46. The van der Waals surface area contributed by atoms with Crippen molar-refractivity contribution < 1.29 is 42.9 Å². The second-order valence-electron chi connectivity index (χ2n) is 4.01. The SMILES string of the molecule is CO[C@@]1(CS(=O)(=O)O)O[C@H](CO)[C@@H](O)[C@H](O)[C@H]1O. The Bertz CT molecular complexity index is 380. The van der Waals surface area contributed by atoms with E-state index in [2.05, 4.69) is 0 Å². The van der Waals surface area contributed by atoms with Gasteiger partial charge in [-0.2, -0.15) is 8.42 Å². The van der Waals surface area contributed by atoms with Crippen LogP contribution in [0.2, 0.25) is 0 Å². The molecule has 108 valence electrons. The summed E-state index contributed by atoms with van der Waals surface area (Å²) in [6.07, 6.45) is -6.68. The van der Waals surface area contributed by atoms with Gasteiger partial charge in [0.15, 0.2) is 0 Å². The number of methoxy groups -OCH3 is 1. The minimum absolute atomic E-state index is 0.735. The largest absolute Gasteiger partial charge is 0.394 e. The quantitative estimate of drug-likeness (QED) is 0.334. The van der Waals surface area contributed by atoms with Gasteiger partial charge in [0.2, 0.25) is 5.79 Å². The second kappa shape index (κ2) is 5.35. The van der Waals surface area contributed by atoms with E-state index in [0.717, 1.165) is 7.11 Å². The van der Waals surface area contributed by atoms with Gasteiger partial charge in [0, 0.05) is 7.11 Å². The first-order valence-corrected chi connectivity index (χ1v) is 6.61. The van der Waals surface area contributed by atoms with Crippen LogP contribution in [0.4, 0.5) is 0 Å². The molecule has 1 fully saturated rings. The first kappa shape index (κ1) is 15.7. The lowest BCUT2D eigenvalue weighted by Gasteiger charge is -2.46. The molecule has 0 amide bonds. The normalized spacial score (nSPS) is 41.9. The topological polar surface area (TPSA) is 154 Å². The number of rotatable bonds is 4. The maximum Gasteiger partial charge on any atom is 0.270 e. The van der Waals surface area contributed by atoms with Gasteiger partial charge >= 0.3 is 0 Å². The number of ether oxygens (including phenoxy) is 2. The summed E-state index contributed by atoms with van der Waals surface area (Å²) in [4.78, 5) is 0. The van der Waals surface area contributed by atoms with Crippen LogP contribution in [-0.4, -0.2) is 83.1 Å². The maximum atomic E-state index is 10.9. The average molecular weight is 288 g/mol. The molecular formula is C8H16O9S. The third-order valence-corrected chi connectivity index (χ3v) is 3.53. The van der Waals surface area contributed by atoms with Crippen LogP contribution in [0.15, 0.2) is 0 Å². The molecule has 18 heavy (non-hydrogen) atoms. The van der Waals surface area contributed by atoms with Gasteiger partial charge in [-0.25, -0.2) is 0 Å². The summed E-state index contributed by atoms with van der Waals surface area (Å²) in [6, 6.07) is 0. The van der Waals surface area contributed by atoms with Crippen molar-refractivity contribution in [1.82, 2.24) is 0 Å². The monoisotopic (exact) mass is 288 g/mol. The lowest BCUT2D eigenvalue weighted by molar-refractivity contribution is -0.347. The number of hydrogen-bond acceptors (Lipinski definition) is 8. The van der Waals surface area contributed by atoms with E-state index in [4.69, 9.17) is 19.1 Å². The molecule has 0 aromatic rings. The van der Waals surface area contributed by atoms with Crippen LogP contribution in [0, 0.1) is 0 Å². The molecule has 5 N–H and O–H groups in total. The molecule has 0 aromatic heterocycles. The zero-order valence-corrected chi connectivity index (χ0v) is 10.3. The zero-order valence-electron chi connectivity index (χ0n) is 9.50. The highest BCUT2D eigenvalue weighted by Crippen LogP contribution is 2.31. The van der Waals surface area contributed by atoms with Crippen LogP contribution in [0.25, 0.3) is 0 Å². The highest BCUT2D eigenvalue weighted by Gasteiger charge is 2.55. The van der Waals surface area contributed by atoms with E-state index in [1.807, 2.05) is 0 Å². The number of aliphatic hydroxyl groups excluding tert-OH is 4. The highest BCUT2D eigenvalue weighted by molar-refractivity contribution is 7.85. The van der Waals surface area contributed by atoms with E-state index >= 15 is 0 Å². The fourth-order valence-electron chi connectivity index (χ4n) is 1.81. The van der Waals surface area contributed by atoms with Gasteiger partial charge < -0.3 is 29.9 Å². The van der Waals surface area contributed by atoms with E-state index < -0.39 is 52.7 Å². The third kappa shape index (κ3) is 2.97. The molecule has 0 aromatic carbocycles. The lowest BCUT2D eigenvalue weighted by Crippen LogP contribution is -2.67. The van der Waals surface area contributed by atoms with Gasteiger partial charge in [0.1, 0.15) is 30.2 Å². The molecule has 1 rings (SSSR count). The van der Waals surface area contributed by atoms with E-state index in [1.165, 1.54) is 0 Å². The van der Waals surface area contributed by atoms with Gasteiger partial charge in [0.05, 0.1) is 6.61 Å². The minimum Gasteiger partial charge on any atom is -0.394 e. The lowest BCUT2D eigenvalue weighted by atomic mass is 9.93. The molecule has 0 spiro atoms. The van der Waals surface area contributed by atoms with Crippen molar-refractivity contribution in [1.29, 1.82) is 0 Å². The summed E-state index contributed by atoms with van der Waals surface area (Å²) in [6.45, 7) is -0.735. The van der Waals surface area contributed by atoms with Crippen LogP contribution in [0.3, 0.4) is 0 Å². The molecule has 1 saturated heterocycles. The Labute approximate surface area is 103 Å². The van der Waals surface area contributed by atoms with Gasteiger partial charge in [0.25, 0.3) is 10.1 Å². The number of aliphatic hydroxyl groups is 4. The molecule has 9 nitrogen and oxygen atoms in total. The molecule has 0 bridgehead atoms. The molecule has 0 unspecified atom stereocenters. The summed E-state index contributed by atoms with van der Waals surface area (Å²) in [7, 11) is -3.59. The summed E-state index contributed by atoms with van der Waals surface area (Å²) in [5.74, 6) is -3.42. The van der Waals surface area contributed by atoms with Gasteiger partial charge in [-0.3, -0.25) is 4.55 Å². The van der Waals surface area contributed by atoms with Crippen molar-refractivity contribution >= 4 is 10.1 Å². The molecule has 1 aliphatic rings. The zero-order chi connectivity index (χ0) is 14.1. The summed E-state index contributed by atoms with van der Waals surface area (Å²) >= 11 is 0. The van der Waals surface area contributed by atoms with Crippen LogP contribution in [0.5, 0.6) is 0 Å². The van der Waals surface area contributed by atoms with E-state index in [9.17, 15) is 23.7 Å². The predicted molar refractivity (Wildman–Crippen MR) is 56.1 cm³/mol. The minimum atomic E-state index is -4.58. The van der Waals surface area contributed by atoms with Gasteiger partial charge in [-0.05, 0) is 0 Å². The molecule has 0 saturated carbocycles. The molecule has 1 heterocycles. The van der Waals surface area contributed by atoms with Crippen molar-refractivity contribution in [2.24, 2.45) is 0 Å². The van der Waals surface area contributed by atoms with Gasteiger partial charge in [-0.15, -0.1) is 0 Å². The van der Waals surface area contributed by atoms with Crippen molar-refractivity contribution in [3.8, 4) is 0 Å². The molecule has 0 aliphatic carbocycles. The average Bonchev–Trinajstić information content (AvgIpc) is 2.28. The molecule has 0 radical (unpaired) electrons. The summed E-state index contributed by atoms with van der Waals surface area (Å²) < 4.78 is 40.2. The Morgan fingerprint density at radius 1 is 1.28 bits per heavy atom. The Hall–Kier alpha value is -0.330. The van der Waals surface area contributed by atoms with Crippen molar-refractivity contribution in [2.45, 2.75) is 30.2 Å². The van der Waals surface area contributed by atoms with Crippen LogP contribution in [-0.2, 0) is 19.6 Å². The number of hydrogen-bond donors (Lipinski definition) is 5. The fraction of sp³-hybridized carbons (Fsp3) is 1.00. The Morgan fingerprint density at radius 3 is 2.22 bits per heavy atom. The standard InChI is InChI=1S/C8H16O9S/c1-16-8(3-18(13,14)15)7(12)6(11)5(10)4(2-9)17-8/h4-7,9-12H,2-3H2,1H3,(H,13,14,15)/t4-,5-,6+,7-,8+/m1/s1. The first-order chi connectivity index (χ1) is 8.17. The first-order valence-electron chi connectivity index (χ1n) is 5.00. The maximum absolute atomic E-state index is 10.9. The van der Waals surface area contributed by atoms with E-state index in [-0.39, 0.29) is 0 Å². The third-order valence-electron chi connectivity index (χ3n) is 2.76. The smallest absolute Gasteiger partial charge is 0.270 e. The Morgan fingerprint density at radius 2 is 1.83 bits per heavy atom. The Kier molecular flexibility index (Phi) is 4.67. The summed E-state index contributed by atoms with van der Waals surface area (Å²) in [5, 5.41) is 37.7. The Balaban J connectivity index is 3.09. The van der Waals surface area contributed by atoms with Crippen molar-refractivity contribution in [3.05, 3.63) is 0 Å². The predicted octanol–water partition coefficient (Wildman–Crippen LogP) is -3.31. The molecule has 1 aliphatic heterocycles. The fourth-order valence-corrected chi connectivity index (χ4v) is 2.67. The molecule has 10 heteroatoms. The van der Waals surface area contributed by atoms with Crippen LogP contribution in [0.1, 0.15) is 0 Å². The highest BCUT2D eigenvalue weighted by atomic mass is 32.2. The van der Waals surface area contributed by atoms with Crippen LogP contribution >= 0.6 is 0 Å². The molecular weight excluding hydrogens is 272 g/mol.